The molecule has 4 N–H and O–H groups in total. The van der Waals surface area contributed by atoms with Gasteiger partial charge in [-0.05, 0) is 29.8 Å². The van der Waals surface area contributed by atoms with Crippen molar-refractivity contribution in [3.8, 4) is 17.3 Å². The van der Waals surface area contributed by atoms with Gasteiger partial charge in [0, 0.05) is 16.6 Å². The number of carbonyl (C=O) groups is 3. The molecule has 1 aliphatic heterocycles. The van der Waals surface area contributed by atoms with Crippen LogP contribution in [0.5, 0.6) is 0 Å². The van der Waals surface area contributed by atoms with Crippen molar-refractivity contribution in [3.63, 3.8) is 0 Å². The third-order valence-electron chi connectivity index (χ3n) is 7.01. The van der Waals surface area contributed by atoms with Gasteiger partial charge in [0.05, 0.1) is 54.1 Å². The smallest absolute Gasteiger partial charge is 0.355 e. The number of allylic oxidation sites excluding steroid dienone is 1. The number of esters is 2. The van der Waals surface area contributed by atoms with E-state index < -0.39 is 23.8 Å². The predicted octanol–water partition coefficient (Wildman–Crippen LogP) is 3.90. The first-order chi connectivity index (χ1) is 20.3. The maximum Gasteiger partial charge on any atom is 0.355 e. The van der Waals surface area contributed by atoms with Crippen LogP contribution >= 0.6 is 0 Å². The Morgan fingerprint density at radius 3 is 2.17 bits per heavy atom. The molecule has 10 nitrogen and oxygen atoms in total. The predicted molar refractivity (Wildman–Crippen MR) is 155 cm³/mol. The number of aromatic nitrogens is 1. The van der Waals surface area contributed by atoms with Crippen LogP contribution in [0.3, 0.4) is 0 Å². The Kier molecular flexibility index (Phi) is 7.41. The molecule has 3 aromatic carbocycles. The number of pyridine rings is 1. The molecule has 0 spiro atoms. The zero-order valence-electron chi connectivity index (χ0n) is 22.7. The summed E-state index contributed by atoms with van der Waals surface area (Å²) < 4.78 is 10.1. The number of hydrogen-bond donors (Lipinski definition) is 2. The number of amides is 1. The number of anilines is 1. The Morgan fingerprint density at radius 2 is 1.55 bits per heavy atom. The van der Waals surface area contributed by atoms with E-state index in [1.807, 2.05) is 6.07 Å². The maximum absolute atomic E-state index is 13.3. The summed E-state index contributed by atoms with van der Waals surface area (Å²) in [6, 6.07) is 26.4. The van der Waals surface area contributed by atoms with Crippen molar-refractivity contribution in [2.75, 3.05) is 19.1 Å². The number of hydrogen-bond acceptors (Lipinski definition) is 9. The number of fused-ring (bicyclic) bond motifs is 1. The lowest BCUT2D eigenvalue weighted by atomic mass is 9.81. The topological polar surface area (TPSA) is 162 Å². The Labute approximate surface area is 241 Å². The standard InChI is InChI=1S/C32H25N5O5/c1-41-31(39)27-26(19-8-4-3-5-9-19)23(17-33)29(34)37(28(27)32(40)42-2)20-14-12-18(13-15-20)25-16-22(30(35)38)21-10-6-7-11-24(21)36-25/h3-16,26H,34H2,1-2H3,(H2,35,38). The first kappa shape index (κ1) is 27.6. The molecule has 0 radical (unpaired) electrons. The van der Waals surface area contributed by atoms with Gasteiger partial charge < -0.3 is 20.9 Å². The van der Waals surface area contributed by atoms with Crippen LogP contribution < -0.4 is 16.4 Å². The third-order valence-corrected chi connectivity index (χ3v) is 7.01. The van der Waals surface area contributed by atoms with Gasteiger partial charge in [0.25, 0.3) is 0 Å². The minimum Gasteiger partial charge on any atom is -0.466 e. The molecule has 10 heteroatoms. The Morgan fingerprint density at radius 1 is 0.905 bits per heavy atom. The number of nitriles is 1. The van der Waals surface area contributed by atoms with Gasteiger partial charge in [0.2, 0.25) is 5.91 Å². The van der Waals surface area contributed by atoms with Crippen molar-refractivity contribution < 1.29 is 23.9 Å². The molecule has 1 atom stereocenters. The normalized spacial score (nSPS) is 14.9. The van der Waals surface area contributed by atoms with Gasteiger partial charge in [-0.3, -0.25) is 9.69 Å². The fraction of sp³-hybridized carbons (Fsp3) is 0.0938. The number of benzene rings is 3. The van der Waals surface area contributed by atoms with E-state index in [1.165, 1.54) is 19.1 Å². The van der Waals surface area contributed by atoms with Crippen LogP contribution in [-0.4, -0.2) is 37.0 Å². The summed E-state index contributed by atoms with van der Waals surface area (Å²) >= 11 is 0. The molecule has 1 amide bonds. The summed E-state index contributed by atoms with van der Waals surface area (Å²) in [5.74, 6) is -3.26. The lowest BCUT2D eigenvalue weighted by molar-refractivity contribution is -0.139. The highest BCUT2D eigenvalue weighted by molar-refractivity contribution is 6.07. The molecule has 1 aliphatic rings. The van der Waals surface area contributed by atoms with E-state index in [-0.39, 0.29) is 22.7 Å². The molecule has 0 bridgehead atoms. The maximum atomic E-state index is 13.3. The minimum absolute atomic E-state index is 0.0491. The molecule has 0 aliphatic carbocycles. The van der Waals surface area contributed by atoms with E-state index in [0.29, 0.717) is 39.0 Å². The van der Waals surface area contributed by atoms with Gasteiger partial charge in [-0.1, -0.05) is 60.7 Å². The first-order valence-corrected chi connectivity index (χ1v) is 12.8. The van der Waals surface area contributed by atoms with Crippen molar-refractivity contribution in [1.29, 1.82) is 5.26 Å². The van der Waals surface area contributed by atoms with Crippen LogP contribution in [0.2, 0.25) is 0 Å². The number of methoxy groups -OCH3 is 2. The quantitative estimate of drug-likeness (QED) is 0.334. The molecule has 0 saturated carbocycles. The number of rotatable bonds is 6. The second-order valence-corrected chi connectivity index (χ2v) is 9.32. The third kappa shape index (κ3) is 4.69. The monoisotopic (exact) mass is 559 g/mol. The van der Waals surface area contributed by atoms with Crippen molar-refractivity contribution >= 4 is 34.4 Å². The zero-order chi connectivity index (χ0) is 30.0. The molecule has 1 aromatic heterocycles. The summed E-state index contributed by atoms with van der Waals surface area (Å²) in [6.45, 7) is 0. The van der Waals surface area contributed by atoms with Crippen LogP contribution in [0.4, 0.5) is 5.69 Å². The number of carbonyl (C=O) groups excluding carboxylic acids is 3. The number of primary amides is 1. The molecule has 4 aromatic rings. The molecule has 0 fully saturated rings. The van der Waals surface area contributed by atoms with Crippen LogP contribution in [0.15, 0.2) is 108 Å². The van der Waals surface area contributed by atoms with Crippen molar-refractivity contribution in [2.24, 2.45) is 11.5 Å². The number of nitrogens with zero attached hydrogens (tertiary/aromatic N) is 3. The largest absolute Gasteiger partial charge is 0.466 e. The summed E-state index contributed by atoms with van der Waals surface area (Å²) in [4.78, 5) is 44.7. The van der Waals surface area contributed by atoms with Crippen LogP contribution in [0.25, 0.3) is 22.2 Å². The van der Waals surface area contributed by atoms with E-state index in [4.69, 9.17) is 20.9 Å². The second-order valence-electron chi connectivity index (χ2n) is 9.32. The lowest BCUT2D eigenvalue weighted by Gasteiger charge is -2.35. The summed E-state index contributed by atoms with van der Waals surface area (Å²) in [5.41, 5.74) is 15.0. The van der Waals surface area contributed by atoms with Crippen molar-refractivity contribution in [1.82, 2.24) is 4.98 Å². The van der Waals surface area contributed by atoms with Crippen LogP contribution in [-0.2, 0) is 19.1 Å². The molecular formula is C32H25N5O5. The molecular weight excluding hydrogens is 534 g/mol. The highest BCUT2D eigenvalue weighted by Crippen LogP contribution is 2.43. The summed E-state index contributed by atoms with van der Waals surface area (Å²) in [6.07, 6.45) is 0. The highest BCUT2D eigenvalue weighted by Gasteiger charge is 2.43. The highest BCUT2D eigenvalue weighted by atomic mass is 16.5. The van der Waals surface area contributed by atoms with Crippen LogP contribution in [0.1, 0.15) is 21.8 Å². The Hall–Kier alpha value is -5.95. The minimum atomic E-state index is -0.970. The summed E-state index contributed by atoms with van der Waals surface area (Å²) in [5, 5.41) is 10.8. The average Bonchev–Trinajstić information content (AvgIpc) is 3.03. The fourth-order valence-corrected chi connectivity index (χ4v) is 5.09. The Balaban J connectivity index is 1.69. The van der Waals surface area contributed by atoms with Gasteiger partial charge in [0.15, 0.2) is 0 Å². The van der Waals surface area contributed by atoms with E-state index in [9.17, 15) is 19.6 Å². The Bertz CT molecular complexity index is 1840. The number of nitrogens with two attached hydrogens (primary N) is 2. The average molecular weight is 560 g/mol. The first-order valence-electron chi connectivity index (χ1n) is 12.8. The van der Waals surface area contributed by atoms with Gasteiger partial charge in [-0.15, -0.1) is 0 Å². The van der Waals surface area contributed by atoms with Crippen molar-refractivity contribution in [3.05, 3.63) is 119 Å². The van der Waals surface area contributed by atoms with Gasteiger partial charge in [0.1, 0.15) is 11.5 Å². The fourth-order valence-electron chi connectivity index (χ4n) is 5.09. The number of ether oxygens (including phenoxy) is 2. The van der Waals surface area contributed by atoms with Crippen molar-refractivity contribution in [2.45, 2.75) is 5.92 Å². The number of para-hydroxylation sites is 1. The zero-order valence-corrected chi connectivity index (χ0v) is 22.7. The summed E-state index contributed by atoms with van der Waals surface area (Å²) in [7, 11) is 2.38. The van der Waals surface area contributed by atoms with E-state index in [1.54, 1.807) is 78.9 Å². The molecule has 208 valence electrons. The van der Waals surface area contributed by atoms with E-state index >= 15 is 0 Å². The molecule has 42 heavy (non-hydrogen) atoms. The van der Waals surface area contributed by atoms with Gasteiger partial charge in [-0.25, -0.2) is 14.6 Å². The van der Waals surface area contributed by atoms with E-state index in [0.717, 1.165) is 0 Å². The molecule has 0 saturated heterocycles. The molecule has 1 unspecified atom stereocenters. The molecule has 5 rings (SSSR count). The molecule has 2 heterocycles. The lowest BCUT2D eigenvalue weighted by Crippen LogP contribution is -2.40. The van der Waals surface area contributed by atoms with Gasteiger partial charge in [-0.2, -0.15) is 5.26 Å². The second kappa shape index (κ2) is 11.3. The SMILES string of the molecule is COC(=O)C1=C(C(=O)OC)N(c2ccc(-c3cc(C(N)=O)c4ccccc4n3)cc2)C(N)=C(C#N)C1c1ccccc1. The van der Waals surface area contributed by atoms with Crippen LogP contribution in [0, 0.1) is 11.3 Å². The van der Waals surface area contributed by atoms with E-state index in [2.05, 4.69) is 11.1 Å². The van der Waals surface area contributed by atoms with Gasteiger partial charge >= 0.3 is 11.9 Å².